The lowest BCUT2D eigenvalue weighted by atomic mass is 10.1. The van der Waals surface area contributed by atoms with Crippen molar-refractivity contribution in [2.45, 2.75) is 38.5 Å². The van der Waals surface area contributed by atoms with E-state index in [0.29, 0.717) is 12.4 Å². The van der Waals surface area contributed by atoms with Gasteiger partial charge >= 0.3 is 0 Å². The molecule has 4 aromatic rings. The molecule has 1 heterocycles. The average molecular weight is 507 g/mol. The molecule has 5 rings (SSSR count). The van der Waals surface area contributed by atoms with E-state index < -0.39 is 0 Å². The van der Waals surface area contributed by atoms with Crippen LogP contribution >= 0.6 is 0 Å². The first kappa shape index (κ1) is 25.5. The second-order valence-corrected chi connectivity index (χ2v) is 9.90. The summed E-state index contributed by atoms with van der Waals surface area (Å²) in [6.07, 6.45) is 3.82. The van der Waals surface area contributed by atoms with Crippen LogP contribution in [0.3, 0.4) is 0 Å². The topological polar surface area (TPSA) is 67.2 Å². The summed E-state index contributed by atoms with van der Waals surface area (Å²) in [4.78, 5) is 28.6. The second kappa shape index (κ2) is 11.9. The smallest absolute Gasteiger partial charge is 0.245 e. The maximum Gasteiger partial charge on any atom is 0.245 e. The number of unbranched alkanes of at least 4 members (excludes halogenated alkanes) is 2. The van der Waals surface area contributed by atoms with Crippen molar-refractivity contribution in [3.63, 3.8) is 0 Å². The van der Waals surface area contributed by atoms with E-state index in [-0.39, 0.29) is 30.2 Å². The van der Waals surface area contributed by atoms with Gasteiger partial charge in [0, 0.05) is 24.1 Å². The van der Waals surface area contributed by atoms with Gasteiger partial charge in [0.2, 0.25) is 11.8 Å². The van der Waals surface area contributed by atoms with Gasteiger partial charge in [-0.3, -0.25) is 9.59 Å². The molecule has 3 aromatic carbocycles. The molecule has 1 fully saturated rings. The number of benzene rings is 3. The van der Waals surface area contributed by atoms with Crippen LogP contribution in [0.15, 0.2) is 97.1 Å². The summed E-state index contributed by atoms with van der Waals surface area (Å²) >= 11 is 0. The predicted octanol–water partition coefficient (Wildman–Crippen LogP) is 6.30. The molecule has 0 radical (unpaired) electrons. The monoisotopic (exact) mass is 506 g/mol. The molecule has 38 heavy (non-hydrogen) atoms. The van der Waals surface area contributed by atoms with Crippen LogP contribution in [0.4, 0.5) is 5.82 Å². The fourth-order valence-electron chi connectivity index (χ4n) is 4.93. The molecule has 194 valence electrons. The number of carbonyl (C=O) groups excluding carboxylic acids is 2. The predicted molar refractivity (Wildman–Crippen MR) is 151 cm³/mol. The van der Waals surface area contributed by atoms with Crippen LogP contribution in [-0.2, 0) is 9.59 Å². The maximum atomic E-state index is 13.5. The van der Waals surface area contributed by atoms with Gasteiger partial charge in [-0.05, 0) is 36.5 Å². The molecule has 6 heteroatoms. The van der Waals surface area contributed by atoms with E-state index in [9.17, 15) is 9.59 Å². The number of rotatable bonds is 11. The van der Waals surface area contributed by atoms with Gasteiger partial charge in [-0.2, -0.15) is 5.10 Å². The summed E-state index contributed by atoms with van der Waals surface area (Å²) < 4.78 is 1.75. The number of amides is 2. The lowest BCUT2D eigenvalue weighted by Crippen LogP contribution is -2.40. The van der Waals surface area contributed by atoms with E-state index >= 15 is 0 Å². The number of anilines is 1. The third-order valence-electron chi connectivity index (χ3n) is 7.06. The Hall–Kier alpha value is -4.19. The van der Waals surface area contributed by atoms with Gasteiger partial charge in [0.05, 0.1) is 17.9 Å². The highest BCUT2D eigenvalue weighted by Crippen LogP contribution is 2.48. The fraction of sp³-hybridized carbons (Fsp3) is 0.281. The van der Waals surface area contributed by atoms with Crippen molar-refractivity contribution in [2.75, 3.05) is 18.4 Å². The summed E-state index contributed by atoms with van der Waals surface area (Å²) in [7, 11) is 0. The Morgan fingerprint density at radius 3 is 2.26 bits per heavy atom. The lowest BCUT2D eigenvalue weighted by Gasteiger charge is -2.22. The molecule has 2 atom stereocenters. The number of para-hydroxylation sites is 1. The first-order valence-electron chi connectivity index (χ1n) is 13.5. The van der Waals surface area contributed by atoms with Crippen molar-refractivity contribution in [1.29, 1.82) is 0 Å². The molecular weight excluding hydrogens is 472 g/mol. The number of aromatic nitrogens is 2. The molecule has 6 nitrogen and oxygen atoms in total. The van der Waals surface area contributed by atoms with Crippen LogP contribution < -0.4 is 5.32 Å². The quantitative estimate of drug-likeness (QED) is 0.243. The van der Waals surface area contributed by atoms with Crippen LogP contribution in [0.2, 0.25) is 0 Å². The summed E-state index contributed by atoms with van der Waals surface area (Å²) in [6, 6.07) is 31.7. The van der Waals surface area contributed by atoms with Crippen molar-refractivity contribution in [3.8, 4) is 16.9 Å². The fourth-order valence-corrected chi connectivity index (χ4v) is 4.93. The lowest BCUT2D eigenvalue weighted by molar-refractivity contribution is -0.136. The average Bonchev–Trinajstić information content (AvgIpc) is 3.66. The van der Waals surface area contributed by atoms with Gasteiger partial charge in [0.15, 0.2) is 0 Å². The first-order valence-corrected chi connectivity index (χ1v) is 13.5. The molecule has 1 saturated carbocycles. The van der Waals surface area contributed by atoms with Crippen molar-refractivity contribution >= 4 is 17.6 Å². The van der Waals surface area contributed by atoms with E-state index in [1.807, 2.05) is 84.9 Å². The molecule has 0 unspecified atom stereocenters. The molecule has 0 spiro atoms. The van der Waals surface area contributed by atoms with Gasteiger partial charge in [-0.25, -0.2) is 4.68 Å². The number of nitrogens with zero attached hydrogens (tertiary/aromatic N) is 3. The molecule has 1 aliphatic carbocycles. The van der Waals surface area contributed by atoms with E-state index in [1.54, 1.807) is 9.58 Å². The largest absolute Gasteiger partial charge is 0.333 e. The Bertz CT molecular complexity index is 1350. The van der Waals surface area contributed by atoms with Crippen LogP contribution in [0.25, 0.3) is 16.9 Å². The SMILES string of the molecule is CCCCCN(CC(=O)Nc1cc(-c2ccccc2)nn1-c1ccccc1)C(=O)[C@H]1C[C@H]1c1ccccc1. The highest BCUT2D eigenvalue weighted by atomic mass is 16.2. The van der Waals surface area contributed by atoms with Gasteiger partial charge in [-0.15, -0.1) is 0 Å². The molecule has 0 bridgehead atoms. The Morgan fingerprint density at radius 2 is 1.58 bits per heavy atom. The number of hydrogen-bond donors (Lipinski definition) is 1. The van der Waals surface area contributed by atoms with E-state index in [4.69, 9.17) is 5.10 Å². The Balaban J connectivity index is 1.33. The van der Waals surface area contributed by atoms with Crippen molar-refractivity contribution in [1.82, 2.24) is 14.7 Å². The van der Waals surface area contributed by atoms with Gasteiger partial charge in [0.1, 0.15) is 5.82 Å². The summed E-state index contributed by atoms with van der Waals surface area (Å²) in [5.41, 5.74) is 3.78. The maximum absolute atomic E-state index is 13.5. The van der Waals surface area contributed by atoms with Gasteiger partial charge in [-0.1, -0.05) is 98.6 Å². The molecule has 2 amide bonds. The van der Waals surface area contributed by atoms with E-state index in [2.05, 4.69) is 24.4 Å². The summed E-state index contributed by atoms with van der Waals surface area (Å²) in [5, 5.41) is 7.83. The molecule has 0 aliphatic heterocycles. The summed E-state index contributed by atoms with van der Waals surface area (Å²) in [6.45, 7) is 2.76. The molecule has 0 saturated heterocycles. The molecule has 1 N–H and O–H groups in total. The third-order valence-corrected chi connectivity index (χ3v) is 7.06. The first-order chi connectivity index (χ1) is 18.6. The standard InChI is InChI=1S/C32H34N4O2/c1-2-3-13-20-35(32(38)28-21-27(28)24-14-7-4-8-15-24)23-31(37)33-30-22-29(25-16-9-5-10-17-25)34-36(30)26-18-11-6-12-19-26/h4-12,14-19,22,27-28H,2-3,13,20-21,23H2,1H3,(H,33,37)/t27-,28-/m0/s1. The third kappa shape index (κ3) is 6.02. The van der Waals surface area contributed by atoms with Gasteiger partial charge < -0.3 is 10.2 Å². The summed E-state index contributed by atoms with van der Waals surface area (Å²) in [5.74, 6) is 0.629. The van der Waals surface area contributed by atoms with Crippen LogP contribution in [0.5, 0.6) is 0 Å². The van der Waals surface area contributed by atoms with Gasteiger partial charge in [0.25, 0.3) is 0 Å². The van der Waals surface area contributed by atoms with E-state index in [1.165, 1.54) is 5.56 Å². The Labute approximate surface area is 224 Å². The highest BCUT2D eigenvalue weighted by Gasteiger charge is 2.45. The second-order valence-electron chi connectivity index (χ2n) is 9.90. The number of nitrogens with one attached hydrogen (secondary N) is 1. The minimum atomic E-state index is -0.219. The van der Waals surface area contributed by atoms with Crippen molar-refractivity contribution in [2.24, 2.45) is 5.92 Å². The normalized spacial score (nSPS) is 16.1. The number of hydrogen-bond acceptors (Lipinski definition) is 3. The van der Waals surface area contributed by atoms with Crippen molar-refractivity contribution in [3.05, 3.63) is 103 Å². The number of carbonyl (C=O) groups is 2. The zero-order valence-corrected chi connectivity index (χ0v) is 21.8. The Morgan fingerprint density at radius 1 is 0.921 bits per heavy atom. The Kier molecular flexibility index (Phi) is 7.98. The zero-order valence-electron chi connectivity index (χ0n) is 21.8. The van der Waals surface area contributed by atoms with Crippen LogP contribution in [0, 0.1) is 5.92 Å². The zero-order chi connectivity index (χ0) is 26.3. The minimum absolute atomic E-state index is 0.0290. The molecule has 1 aromatic heterocycles. The van der Waals surface area contributed by atoms with E-state index in [0.717, 1.165) is 42.6 Å². The van der Waals surface area contributed by atoms with Crippen molar-refractivity contribution < 1.29 is 9.59 Å². The van der Waals surface area contributed by atoms with Crippen LogP contribution in [0.1, 0.15) is 44.1 Å². The van der Waals surface area contributed by atoms with Crippen LogP contribution in [-0.4, -0.2) is 39.6 Å². The molecular formula is C32H34N4O2. The minimum Gasteiger partial charge on any atom is -0.333 e. The molecule has 1 aliphatic rings. The highest BCUT2D eigenvalue weighted by molar-refractivity contribution is 5.95.